The van der Waals surface area contributed by atoms with E-state index in [1.165, 1.54) is 137 Å². The molecule has 6 unspecified atom stereocenters. The zero-order valence-corrected chi connectivity index (χ0v) is 71.6. The number of alkyl halides is 3. The Hall–Kier alpha value is -10.2. The normalized spacial score (nSPS) is 25.8. The molecule has 3 fully saturated rings. The van der Waals surface area contributed by atoms with E-state index in [0.717, 1.165) is 32.7 Å². The predicted octanol–water partition coefficient (Wildman–Crippen LogP) is 4.18. The second kappa shape index (κ2) is 35.7. The number of nitrogen functional groups attached to an aromatic ring is 1. The average Bonchev–Trinajstić information content (AvgIpc) is 1.58. The molecule has 3 aliphatic heterocycles. The maximum absolute atomic E-state index is 15.8. The van der Waals surface area contributed by atoms with Crippen LogP contribution in [0.4, 0.5) is 31.0 Å². The summed E-state index contributed by atoms with van der Waals surface area (Å²) in [5, 5.41) is 48.9. The van der Waals surface area contributed by atoms with Crippen LogP contribution in [0.25, 0.3) is 33.5 Å². The number of esters is 3. The van der Waals surface area contributed by atoms with Crippen molar-refractivity contribution in [3.8, 4) is 17.2 Å². The van der Waals surface area contributed by atoms with Crippen LogP contribution in [0.5, 0.6) is 17.2 Å². The first-order valence-electron chi connectivity index (χ1n) is 38.5. The van der Waals surface area contributed by atoms with E-state index in [2.05, 4.69) is 70.8 Å². The van der Waals surface area contributed by atoms with Crippen molar-refractivity contribution in [2.45, 2.75) is 215 Å². The number of aromatic amines is 3. The van der Waals surface area contributed by atoms with Crippen molar-refractivity contribution in [2.75, 3.05) is 36.4 Å². The minimum Gasteiger partial charge on any atom is -0.462 e. The van der Waals surface area contributed by atoms with Gasteiger partial charge in [0, 0.05) is 0 Å². The fraction of sp³-hybridized carbons (Fsp3) is 0.507. The van der Waals surface area contributed by atoms with E-state index in [-0.39, 0.29) is 62.6 Å². The minimum absolute atomic E-state index is 0.0413. The van der Waals surface area contributed by atoms with E-state index in [1.807, 2.05) is 0 Å². The summed E-state index contributed by atoms with van der Waals surface area (Å²) in [5.74, 6) is -4.32. The van der Waals surface area contributed by atoms with Crippen LogP contribution in [0.3, 0.4) is 0 Å². The van der Waals surface area contributed by atoms with Gasteiger partial charge in [0.15, 0.2) is 64.6 Å². The lowest BCUT2D eigenvalue weighted by Crippen LogP contribution is -2.58. The molecule has 0 amide bonds. The highest BCUT2D eigenvalue weighted by Gasteiger charge is 2.65. The van der Waals surface area contributed by atoms with Crippen LogP contribution in [0.1, 0.15) is 109 Å². The van der Waals surface area contributed by atoms with Gasteiger partial charge in [-0.15, -0.1) is 0 Å². The number of nitrogens with two attached hydrogens (primary N) is 4. The van der Waals surface area contributed by atoms with Crippen molar-refractivity contribution in [1.29, 1.82) is 0 Å². The lowest BCUT2D eigenvalue weighted by Gasteiger charge is -2.37. The van der Waals surface area contributed by atoms with Gasteiger partial charge >= 0.3 is 41.1 Å². The van der Waals surface area contributed by atoms with Gasteiger partial charge in [0.25, 0.3) is 16.7 Å². The van der Waals surface area contributed by atoms with Gasteiger partial charge in [0.2, 0.25) is 17.8 Å². The van der Waals surface area contributed by atoms with Crippen LogP contribution >= 0.6 is 23.2 Å². The van der Waals surface area contributed by atoms with Crippen molar-refractivity contribution in [3.05, 3.63) is 141 Å². The highest BCUT2D eigenvalue weighted by molar-refractivity contribution is 7.52. The molecule has 20 atom stereocenters. The van der Waals surface area contributed by atoms with E-state index in [1.54, 1.807) is 44.2 Å². The number of hydrogen-bond donors (Lipinski definition) is 15. The number of fused-ring (bicyclic) bond motifs is 3. The number of benzene rings is 3. The zero-order valence-electron chi connectivity index (χ0n) is 68.9. The molecule has 51 heteroatoms. The van der Waals surface area contributed by atoms with Gasteiger partial charge in [-0.3, -0.25) is 71.0 Å². The number of para-hydroxylation sites is 3. The molecule has 9 aromatic rings. The molecule has 3 saturated heterocycles. The van der Waals surface area contributed by atoms with Gasteiger partial charge in [-0.1, -0.05) is 54.6 Å². The van der Waals surface area contributed by atoms with Crippen LogP contribution in [-0.4, -0.2) is 219 Å². The molecule has 0 aliphatic carbocycles. The SMILES string of the molecule is CC(C)OC(=O)[C@H](C)NP(=O)(Oc1ccccc1)OC(C)(C)[C@H]1O[C@@H](n2cnc3c(=O)[nH]c(NC(C)OC(=O)[C@H](C)N[P@@](=O)(Oc4ccccc4)OC(C)(C)[C@H]4O[C@@H](n5cnc6c(=O)[nH]c(NC(C)OC(=O)[C@H](C)N[P@](=O)(Oc7ccccc7)OC(C)(C)[C@H]7O[C@@H](n8cnc9c(=O)[nH]c(N)nc98)[C@@](N)(CF)C7O)nc65)[C@@](N)(CF)C4O)nc32)[C@@](N)(CF)C1O. The molecule has 3 aromatic carbocycles. The summed E-state index contributed by atoms with van der Waals surface area (Å²) in [7, 11) is -14.6. The first kappa shape index (κ1) is 93.0. The highest BCUT2D eigenvalue weighted by Crippen LogP contribution is 2.57. The summed E-state index contributed by atoms with van der Waals surface area (Å²) in [6.45, 7) is 13.0. The Morgan fingerprint density at radius 2 is 0.750 bits per heavy atom. The number of nitrogens with one attached hydrogen (secondary N) is 8. The number of aromatic nitrogens is 12. The smallest absolute Gasteiger partial charge is 0.460 e. The first-order chi connectivity index (χ1) is 58.1. The fourth-order valence-corrected chi connectivity index (χ4v) is 19.7. The molecule has 12 rings (SSSR count). The molecule has 45 nitrogen and oxygen atoms in total. The number of hydrogen-bond acceptors (Lipinski definition) is 36. The van der Waals surface area contributed by atoms with E-state index in [4.69, 9.17) is 78.5 Å². The number of halogens is 3. The summed E-state index contributed by atoms with van der Waals surface area (Å²) in [6.07, 6.45) is -16.6. The Bertz CT molecular complexity index is 5730. The van der Waals surface area contributed by atoms with Gasteiger partial charge in [0.1, 0.15) is 125 Å². The largest absolute Gasteiger partial charge is 0.462 e. The maximum atomic E-state index is 15.8. The van der Waals surface area contributed by atoms with E-state index < -0.39 is 209 Å². The number of anilines is 3. The van der Waals surface area contributed by atoms with Gasteiger partial charge < -0.3 is 90.9 Å². The van der Waals surface area contributed by atoms with Crippen molar-refractivity contribution in [2.24, 2.45) is 17.2 Å². The minimum atomic E-state index is -5.03. The van der Waals surface area contributed by atoms with Gasteiger partial charge in [-0.25, -0.2) is 41.8 Å². The molecular formula is C73H97F3N21O24P3. The molecule has 19 N–H and O–H groups in total. The van der Waals surface area contributed by atoms with Crippen molar-refractivity contribution in [3.63, 3.8) is 0 Å². The lowest BCUT2D eigenvalue weighted by molar-refractivity contribution is -0.150. The Labute approximate surface area is 702 Å². The molecular weight excluding hydrogens is 1700 g/mol. The third kappa shape index (κ3) is 19.1. The molecule has 0 radical (unpaired) electrons. The number of rotatable bonds is 37. The summed E-state index contributed by atoms with van der Waals surface area (Å²) >= 11 is 0. The van der Waals surface area contributed by atoms with Gasteiger partial charge in [-0.2, -0.15) is 30.2 Å². The molecule has 6 aromatic heterocycles. The number of aliphatic hydroxyl groups excluding tert-OH is 3. The molecule has 3 aliphatic rings. The van der Waals surface area contributed by atoms with Crippen molar-refractivity contribution < 1.29 is 112 Å². The second-order valence-corrected chi connectivity index (χ2v) is 36.7. The molecule has 0 saturated carbocycles. The highest BCUT2D eigenvalue weighted by atomic mass is 31.2. The Morgan fingerprint density at radius 1 is 0.476 bits per heavy atom. The van der Waals surface area contributed by atoms with E-state index >= 15 is 22.3 Å². The Morgan fingerprint density at radius 3 is 1.03 bits per heavy atom. The molecule has 9 heterocycles. The zero-order chi connectivity index (χ0) is 90.5. The standard InChI is InChI=1S/C73H97F3N21O24P3/c1-35(2)110-59(104)36(3)92-122(107,116-41-23-17-14-18-24-41)119-69(10,11)51-48(99)72(79,30-75)63(114-51)96-33-82-45-54(96)87-66(90-57(45)102)85-40(7)112-61(106)38(5)94-124(109,118-43-27-21-16-22-28-43)121-70(12,13)52-49(100)73(80,31-76)64(115-52)97-34-83-46-55(97)88-67(91-58(46)103)84-39(6)111-60(105)37(4)93-123(108,117-42-25-19-15-20-26-42)120-68(8,9)50-47(98)71(78,29-74)62(113-50)95-32-81-44-53(95)86-65(77)89-56(44)101/h14-28,32-40,47-52,62-64,98-100H,29-31,78-80H2,1-13H3,(H,92,107)(H,93,108)(H,94,109)(H3,77,86,89,101)(H2,84,88,91,103)(H2,85,87,90,102)/t36-,37-,38-,39?,40?,47?,48?,49?,50-,51-,52-,62+,63+,64+,71+,72+,73+,122?,123-,124+/m0/s1. The second-order valence-electron chi connectivity index (χ2n) is 31.8. The monoisotopic (exact) mass is 1800 g/mol. The average molecular weight is 1800 g/mol. The summed E-state index contributed by atoms with van der Waals surface area (Å²) < 4.78 is 167. The number of carbonyl (C=O) groups is 3. The number of nitrogens with zero attached hydrogens (tertiary/aromatic N) is 9. The van der Waals surface area contributed by atoms with Crippen LogP contribution in [0.2, 0.25) is 0 Å². The fourth-order valence-electron chi connectivity index (χ4n) is 14.2. The maximum Gasteiger partial charge on any atom is 0.460 e. The predicted molar refractivity (Wildman–Crippen MR) is 434 cm³/mol. The Kier molecular flexibility index (Phi) is 26.7. The van der Waals surface area contributed by atoms with Gasteiger partial charge in [0.05, 0.1) is 25.1 Å². The van der Waals surface area contributed by atoms with Crippen LogP contribution < -0.4 is 79.1 Å². The number of ether oxygens (including phenoxy) is 6. The number of imidazole rings is 3. The summed E-state index contributed by atoms with van der Waals surface area (Å²) in [6, 6.07) is 18.1. The first-order valence-corrected chi connectivity index (χ1v) is 43.1. The number of carbonyl (C=O) groups excluding carboxylic acids is 3. The lowest BCUT2D eigenvalue weighted by atomic mass is 9.86. The molecule has 674 valence electrons. The van der Waals surface area contributed by atoms with Crippen LogP contribution in [0, 0.1) is 0 Å². The van der Waals surface area contributed by atoms with Crippen molar-refractivity contribution >= 4 is 92.5 Å². The summed E-state index contributed by atoms with van der Waals surface area (Å²) in [4.78, 5) is 114. The van der Waals surface area contributed by atoms with Gasteiger partial charge in [-0.05, 0) is 126 Å². The van der Waals surface area contributed by atoms with Crippen LogP contribution in [0.15, 0.2) is 124 Å². The van der Waals surface area contributed by atoms with Crippen molar-refractivity contribution in [1.82, 2.24) is 73.8 Å². The molecule has 0 spiro atoms. The third-order valence-corrected chi connectivity index (χ3v) is 25.8. The molecule has 124 heavy (non-hydrogen) atoms. The van der Waals surface area contributed by atoms with E-state index in [0.29, 0.717) is 0 Å². The number of H-pyrrole nitrogens is 3. The topological polar surface area (TPSA) is 629 Å². The van der Waals surface area contributed by atoms with E-state index in [9.17, 15) is 48.7 Å². The Balaban J connectivity index is 0.714. The quantitative estimate of drug-likeness (QED) is 0.0112. The van der Waals surface area contributed by atoms with Crippen LogP contribution in [-0.2, 0) is 70.1 Å². The summed E-state index contributed by atoms with van der Waals surface area (Å²) in [5.41, 5.74) is 8.26. The molecule has 0 bridgehead atoms. The third-order valence-electron chi connectivity index (χ3n) is 20.2. The number of aliphatic hydroxyl groups is 3.